The molecule has 4 rings (SSSR count). The first-order valence-electron chi connectivity index (χ1n) is 9.64. The number of benzene rings is 2. The molecule has 2 aromatic carbocycles. The van der Waals surface area contributed by atoms with Crippen molar-refractivity contribution in [1.29, 1.82) is 0 Å². The lowest BCUT2D eigenvalue weighted by molar-refractivity contribution is 0.476. The molecule has 0 atom stereocenters. The molecule has 6 heteroatoms. The summed E-state index contributed by atoms with van der Waals surface area (Å²) in [6.45, 7) is 6.19. The van der Waals surface area contributed by atoms with Crippen LogP contribution in [0.25, 0.3) is 22.8 Å². The highest BCUT2D eigenvalue weighted by atomic mass is 32.2. The lowest BCUT2D eigenvalue weighted by Gasteiger charge is -2.18. The molecule has 0 fully saturated rings. The van der Waals surface area contributed by atoms with Crippen molar-refractivity contribution in [3.63, 3.8) is 0 Å². The monoisotopic (exact) mass is 414 g/mol. The number of rotatable bonds is 4. The lowest BCUT2D eigenvalue weighted by atomic mass is 9.95. The van der Waals surface area contributed by atoms with Crippen LogP contribution in [-0.4, -0.2) is 25.0 Å². The molecule has 30 heavy (non-hydrogen) atoms. The maximum absolute atomic E-state index is 10.3. The van der Waals surface area contributed by atoms with Crippen LogP contribution in [-0.2, 0) is 5.41 Å². The Hall–Kier alpha value is -3.25. The summed E-state index contributed by atoms with van der Waals surface area (Å²) >= 11 is 1.59. The van der Waals surface area contributed by atoms with Crippen LogP contribution in [0.1, 0.15) is 26.6 Å². The highest BCUT2D eigenvalue weighted by Crippen LogP contribution is 2.32. The van der Waals surface area contributed by atoms with E-state index in [1.165, 1.54) is 0 Å². The average molecular weight is 415 g/mol. The van der Waals surface area contributed by atoms with Crippen molar-refractivity contribution in [2.24, 2.45) is 0 Å². The molecule has 4 aromatic rings. The molecule has 2 heterocycles. The quantitative estimate of drug-likeness (QED) is 0.458. The topological polar surface area (TPSA) is 71.8 Å². The van der Waals surface area contributed by atoms with E-state index < -0.39 is 0 Å². The van der Waals surface area contributed by atoms with Gasteiger partial charge in [0, 0.05) is 22.1 Å². The fourth-order valence-electron chi connectivity index (χ4n) is 2.85. The lowest BCUT2D eigenvalue weighted by Crippen LogP contribution is -2.18. The van der Waals surface area contributed by atoms with Gasteiger partial charge in [0.1, 0.15) is 16.6 Å². The van der Waals surface area contributed by atoms with Crippen LogP contribution in [0, 0.1) is 0 Å². The largest absolute Gasteiger partial charge is 0.507 e. The number of nitrogens with zero attached hydrogens (tertiary/aromatic N) is 4. The Morgan fingerprint density at radius 3 is 2.30 bits per heavy atom. The van der Waals surface area contributed by atoms with Crippen LogP contribution in [0.4, 0.5) is 0 Å². The summed E-state index contributed by atoms with van der Waals surface area (Å²) < 4.78 is 0. The maximum Gasteiger partial charge on any atom is 0.167 e. The van der Waals surface area contributed by atoms with E-state index in [-0.39, 0.29) is 11.2 Å². The van der Waals surface area contributed by atoms with Crippen molar-refractivity contribution in [2.45, 2.75) is 36.1 Å². The second-order valence-corrected chi connectivity index (χ2v) is 8.97. The molecule has 0 saturated carbocycles. The minimum atomic E-state index is -0.267. The van der Waals surface area contributed by atoms with E-state index in [0.29, 0.717) is 23.0 Å². The van der Waals surface area contributed by atoms with Crippen molar-refractivity contribution in [3.05, 3.63) is 78.8 Å². The average Bonchev–Trinajstić information content (AvgIpc) is 2.74. The number of hydrogen-bond donors (Lipinski definition) is 1. The first-order chi connectivity index (χ1) is 14.4. The van der Waals surface area contributed by atoms with Gasteiger partial charge >= 0.3 is 0 Å². The van der Waals surface area contributed by atoms with Gasteiger partial charge in [-0.05, 0) is 36.4 Å². The van der Waals surface area contributed by atoms with Gasteiger partial charge in [-0.2, -0.15) is 0 Å². The third-order valence-corrected chi connectivity index (χ3v) is 5.34. The van der Waals surface area contributed by atoms with E-state index in [2.05, 4.69) is 41.8 Å². The maximum atomic E-state index is 10.3. The summed E-state index contributed by atoms with van der Waals surface area (Å²) in [5.41, 5.74) is 1.21. The summed E-state index contributed by atoms with van der Waals surface area (Å²) in [6.07, 6.45) is 1.78. The number of aromatic hydroxyl groups is 1. The summed E-state index contributed by atoms with van der Waals surface area (Å²) in [5.74, 6) is 1.87. The summed E-state index contributed by atoms with van der Waals surface area (Å²) in [7, 11) is 0. The minimum Gasteiger partial charge on any atom is -0.507 e. The highest BCUT2D eigenvalue weighted by Gasteiger charge is 2.22. The van der Waals surface area contributed by atoms with Crippen LogP contribution in [0.2, 0.25) is 0 Å². The van der Waals surface area contributed by atoms with Gasteiger partial charge in [-0.15, -0.1) is 0 Å². The molecular weight excluding hydrogens is 392 g/mol. The first-order valence-corrected chi connectivity index (χ1v) is 10.5. The Balaban J connectivity index is 1.80. The third-order valence-electron chi connectivity index (χ3n) is 4.40. The van der Waals surface area contributed by atoms with Gasteiger partial charge in [0.05, 0.1) is 5.56 Å². The fourth-order valence-corrected chi connectivity index (χ4v) is 3.68. The number of hydrogen-bond acceptors (Lipinski definition) is 6. The van der Waals surface area contributed by atoms with E-state index in [1.807, 2.05) is 48.5 Å². The van der Waals surface area contributed by atoms with Gasteiger partial charge in [-0.25, -0.2) is 19.9 Å². The minimum absolute atomic E-state index is 0.147. The van der Waals surface area contributed by atoms with Crippen molar-refractivity contribution in [3.8, 4) is 28.5 Å². The van der Waals surface area contributed by atoms with Gasteiger partial charge in [-0.3, -0.25) is 0 Å². The number of aromatic nitrogens is 4. The zero-order valence-electron chi connectivity index (χ0n) is 17.1. The zero-order valence-corrected chi connectivity index (χ0v) is 17.9. The molecule has 1 N–H and O–H groups in total. The van der Waals surface area contributed by atoms with Gasteiger partial charge in [0.25, 0.3) is 0 Å². The Labute approximate surface area is 180 Å². The molecule has 0 unspecified atom stereocenters. The van der Waals surface area contributed by atoms with Crippen LogP contribution in [0.15, 0.2) is 82.8 Å². The summed E-state index contributed by atoms with van der Waals surface area (Å²) in [6, 6.07) is 21.0. The van der Waals surface area contributed by atoms with Crippen molar-refractivity contribution in [1.82, 2.24) is 19.9 Å². The molecule has 0 aliphatic rings. The normalized spacial score (nSPS) is 11.4. The van der Waals surface area contributed by atoms with Gasteiger partial charge < -0.3 is 5.11 Å². The number of phenolic OH excluding ortho intramolecular Hbond substituents is 1. The molecule has 5 nitrogen and oxygen atoms in total. The Morgan fingerprint density at radius 2 is 1.57 bits per heavy atom. The molecule has 2 aromatic heterocycles. The third kappa shape index (κ3) is 4.49. The van der Waals surface area contributed by atoms with Crippen molar-refractivity contribution < 1.29 is 5.11 Å². The predicted molar refractivity (Wildman–Crippen MR) is 119 cm³/mol. The molecule has 0 aliphatic carbocycles. The van der Waals surface area contributed by atoms with Gasteiger partial charge in [-0.1, -0.05) is 62.9 Å². The van der Waals surface area contributed by atoms with Gasteiger partial charge in [0.15, 0.2) is 11.6 Å². The molecule has 0 aliphatic heterocycles. The van der Waals surface area contributed by atoms with E-state index in [9.17, 15) is 5.11 Å². The van der Waals surface area contributed by atoms with E-state index in [0.717, 1.165) is 15.5 Å². The van der Waals surface area contributed by atoms with Crippen LogP contribution in [0.5, 0.6) is 5.75 Å². The first kappa shape index (κ1) is 20.0. The van der Waals surface area contributed by atoms with Crippen LogP contribution < -0.4 is 0 Å². The number of pyridine rings is 1. The van der Waals surface area contributed by atoms with E-state index >= 15 is 0 Å². The van der Waals surface area contributed by atoms with Gasteiger partial charge in [0.2, 0.25) is 0 Å². The van der Waals surface area contributed by atoms with E-state index in [4.69, 9.17) is 4.98 Å². The standard InChI is InChI=1S/C24H22N4OS/c1-24(2,3)23-27-21(26-22(28-23)18-11-4-5-12-19(18)29)16-9-8-10-17(15-16)30-20-13-6-7-14-25-20/h4-15,29H,1-3H3. The van der Waals surface area contributed by atoms with Crippen LogP contribution >= 0.6 is 11.8 Å². The molecule has 0 radical (unpaired) electrons. The van der Waals surface area contributed by atoms with Crippen molar-refractivity contribution in [2.75, 3.05) is 0 Å². The molecule has 150 valence electrons. The van der Waals surface area contributed by atoms with Crippen LogP contribution in [0.3, 0.4) is 0 Å². The fraction of sp³-hybridized carbons (Fsp3) is 0.167. The highest BCUT2D eigenvalue weighted by molar-refractivity contribution is 7.99. The Kier molecular flexibility index (Phi) is 5.50. The Bertz CT molecular complexity index is 1170. The second kappa shape index (κ2) is 8.24. The second-order valence-electron chi connectivity index (χ2n) is 7.87. The SMILES string of the molecule is CC(C)(C)c1nc(-c2cccc(Sc3ccccn3)c2)nc(-c2ccccc2O)n1. The summed E-state index contributed by atoms with van der Waals surface area (Å²) in [4.78, 5) is 19.5. The zero-order chi connectivity index (χ0) is 21.1. The summed E-state index contributed by atoms with van der Waals surface area (Å²) in [5, 5.41) is 11.2. The number of phenols is 1. The Morgan fingerprint density at radius 1 is 0.800 bits per heavy atom. The van der Waals surface area contributed by atoms with E-state index in [1.54, 1.807) is 30.1 Å². The van der Waals surface area contributed by atoms with Crippen molar-refractivity contribution >= 4 is 11.8 Å². The smallest absolute Gasteiger partial charge is 0.167 e. The molecule has 0 bridgehead atoms. The molecule has 0 amide bonds. The molecule has 0 saturated heterocycles. The molecule has 0 spiro atoms. The molecular formula is C24H22N4OS. The number of para-hydroxylation sites is 1. The predicted octanol–water partition coefficient (Wildman–Crippen LogP) is 5.75.